The normalized spacial score (nSPS) is 17.9. The number of hydrogen-bond acceptors (Lipinski definition) is 1. The molecule has 0 bridgehead atoms. The van der Waals surface area contributed by atoms with Crippen molar-refractivity contribution >= 4 is 23.4 Å². The molecule has 6 rings (SSSR count). The van der Waals surface area contributed by atoms with Gasteiger partial charge < -0.3 is 24.8 Å². The van der Waals surface area contributed by atoms with Crippen LogP contribution in [0.4, 0.5) is 0 Å². The van der Waals surface area contributed by atoms with Gasteiger partial charge in [-0.1, -0.05) is 0 Å². The Morgan fingerprint density at radius 3 is 2.17 bits per heavy atom. The van der Waals surface area contributed by atoms with Gasteiger partial charge in [-0.05, 0) is 0 Å². The third kappa shape index (κ3) is 6.29. The summed E-state index contributed by atoms with van der Waals surface area (Å²) in [5, 5.41) is 2.23. The number of hydrogen-bond donors (Lipinski definition) is 0. The van der Waals surface area contributed by atoms with E-state index in [0.717, 1.165) is 6.42 Å². The molecular formula is C37H44Cl2SZr. The second-order valence-corrected chi connectivity index (χ2v) is 21.3. The van der Waals surface area contributed by atoms with Gasteiger partial charge in [0.1, 0.15) is 0 Å². The molecule has 1 atom stereocenters. The predicted molar refractivity (Wildman–Crippen MR) is 169 cm³/mol. The van der Waals surface area contributed by atoms with Crippen molar-refractivity contribution in [2.24, 2.45) is 5.92 Å². The molecule has 216 valence electrons. The topological polar surface area (TPSA) is 0 Å². The van der Waals surface area contributed by atoms with Gasteiger partial charge in [0.15, 0.2) is 0 Å². The molecule has 0 radical (unpaired) electrons. The van der Waals surface area contributed by atoms with Crippen LogP contribution in [0.15, 0.2) is 63.3 Å². The molecule has 0 nitrogen and oxygen atoms in total. The molecule has 0 amide bonds. The summed E-state index contributed by atoms with van der Waals surface area (Å²) in [6.45, 7) is 16.9. The molecule has 0 saturated heterocycles. The van der Waals surface area contributed by atoms with E-state index < -0.39 is 21.3 Å². The van der Waals surface area contributed by atoms with Crippen LogP contribution >= 0.6 is 11.3 Å². The number of thiophene rings is 1. The van der Waals surface area contributed by atoms with E-state index in [-0.39, 0.29) is 35.6 Å². The first-order chi connectivity index (χ1) is 18.5. The Bertz CT molecular complexity index is 1520. The van der Waals surface area contributed by atoms with Gasteiger partial charge in [-0.2, -0.15) is 0 Å². The van der Waals surface area contributed by atoms with Crippen molar-refractivity contribution in [3.63, 3.8) is 0 Å². The van der Waals surface area contributed by atoms with Gasteiger partial charge >= 0.3 is 250 Å². The van der Waals surface area contributed by atoms with Crippen LogP contribution in [0.5, 0.6) is 0 Å². The van der Waals surface area contributed by atoms with Crippen LogP contribution in [0.2, 0.25) is 0 Å². The van der Waals surface area contributed by atoms with Gasteiger partial charge in [-0.15, -0.1) is 0 Å². The Balaban J connectivity index is 0.00000194. The van der Waals surface area contributed by atoms with E-state index in [1.807, 2.05) is 21.1 Å². The Labute approximate surface area is 272 Å². The first kappa shape index (κ1) is 32.9. The van der Waals surface area contributed by atoms with E-state index in [4.69, 9.17) is 0 Å². The molecule has 0 aliphatic heterocycles. The molecule has 41 heavy (non-hydrogen) atoms. The van der Waals surface area contributed by atoms with Crippen molar-refractivity contribution in [1.29, 1.82) is 0 Å². The zero-order valence-electron chi connectivity index (χ0n) is 25.8. The standard InChI is InChI=1S/C21H25.C10H9S.C6H10.2ClH.Zr/c1-20(2,3)16-7-9-18-14(12-16)11-15-13-17(21(4,5)6)8-10-19(15)18;1-8-4-5-9(7-8)10-3-2-6-11-10;1-2-4-6-5-3-1;;;/h7-10,12H,11H2,1-6H3;2-3,5-8H,1H3;1-5H2;2*1H;/q;;;;;+2/p-2. The van der Waals surface area contributed by atoms with Crippen molar-refractivity contribution in [2.45, 2.75) is 97.8 Å². The minimum absolute atomic E-state index is 0. The minimum Gasteiger partial charge on any atom is -1.00 e. The first-order valence-corrected chi connectivity index (χ1v) is 19.6. The molecule has 3 aliphatic rings. The monoisotopic (exact) mass is 680 g/mol. The fraction of sp³-hybridized carbons (Fsp3) is 0.432. The maximum absolute atomic E-state index is 2.67. The number of benzene rings is 2. The molecule has 0 N–H and O–H groups in total. The summed E-state index contributed by atoms with van der Waals surface area (Å²) in [5.41, 5.74) is 11.1. The van der Waals surface area contributed by atoms with Crippen LogP contribution in [0.1, 0.15) is 108 Å². The van der Waals surface area contributed by atoms with E-state index >= 15 is 0 Å². The van der Waals surface area contributed by atoms with Gasteiger partial charge in [0.05, 0.1) is 0 Å². The van der Waals surface area contributed by atoms with Crippen LogP contribution in [-0.2, 0) is 38.5 Å². The molecule has 1 unspecified atom stereocenters. The fourth-order valence-electron chi connectivity index (χ4n) is 7.01. The second-order valence-electron chi connectivity index (χ2n) is 14.1. The molecule has 3 aliphatic carbocycles. The van der Waals surface area contributed by atoms with E-state index in [9.17, 15) is 0 Å². The van der Waals surface area contributed by atoms with Crippen molar-refractivity contribution in [3.8, 4) is 11.1 Å². The largest absolute Gasteiger partial charge is 1.00 e. The molecule has 1 saturated carbocycles. The van der Waals surface area contributed by atoms with Crippen LogP contribution in [0.3, 0.4) is 0 Å². The maximum atomic E-state index is 2.67. The summed E-state index contributed by atoms with van der Waals surface area (Å²) in [4.78, 5) is 1.43. The smallest absolute Gasteiger partial charge is 1.00 e. The predicted octanol–water partition coefficient (Wildman–Crippen LogP) is 3.92. The summed E-state index contributed by atoms with van der Waals surface area (Å²) in [7, 11) is 0. The average Bonchev–Trinajstić information content (AvgIpc) is 3.62. The molecule has 2 aromatic carbocycles. The van der Waals surface area contributed by atoms with E-state index in [2.05, 4.69) is 108 Å². The SMILES string of the molecule is CC1C=C(c2cccs2)C=[C]1[Zr+2](=[C]1CCCCC1)[c]1c(C(C)(C)C)ccc2c1Cc1cc(C(C)(C)C)ccc1-2.[Cl-].[Cl-]. The molecule has 3 aromatic rings. The summed E-state index contributed by atoms with van der Waals surface area (Å²) in [6.07, 6.45) is 13.3. The van der Waals surface area contributed by atoms with Crippen LogP contribution in [-0.4, -0.2) is 3.21 Å². The van der Waals surface area contributed by atoms with E-state index in [1.54, 1.807) is 16.7 Å². The third-order valence-corrected chi connectivity index (χ3v) is 18.5. The Morgan fingerprint density at radius 2 is 1.54 bits per heavy atom. The molecule has 1 fully saturated rings. The number of rotatable bonds is 3. The van der Waals surface area contributed by atoms with E-state index in [0.29, 0.717) is 5.92 Å². The average molecular weight is 683 g/mol. The Morgan fingerprint density at radius 1 is 0.829 bits per heavy atom. The molecule has 4 heteroatoms. The summed E-state index contributed by atoms with van der Waals surface area (Å²) in [5.74, 6) is 0.547. The Hall–Kier alpha value is -1.05. The summed E-state index contributed by atoms with van der Waals surface area (Å²) >= 11 is -0.485. The third-order valence-electron chi connectivity index (χ3n) is 9.14. The van der Waals surface area contributed by atoms with Crippen molar-refractivity contribution < 1.29 is 46.1 Å². The van der Waals surface area contributed by atoms with Gasteiger partial charge in [-0.3, -0.25) is 0 Å². The fourth-order valence-corrected chi connectivity index (χ4v) is 17.6. The van der Waals surface area contributed by atoms with Gasteiger partial charge in [-0.25, -0.2) is 0 Å². The van der Waals surface area contributed by atoms with Crippen LogP contribution < -0.4 is 28.1 Å². The molecular weight excluding hydrogens is 639 g/mol. The zero-order valence-corrected chi connectivity index (χ0v) is 30.5. The zero-order chi connectivity index (χ0) is 27.5. The minimum atomic E-state index is -2.38. The Kier molecular flexibility index (Phi) is 10.0. The van der Waals surface area contributed by atoms with Crippen LogP contribution in [0, 0.1) is 5.92 Å². The molecule has 1 heterocycles. The van der Waals surface area contributed by atoms with Gasteiger partial charge in [0.25, 0.3) is 0 Å². The molecule has 1 aromatic heterocycles. The maximum Gasteiger partial charge on any atom is -1.00 e. The molecule has 0 spiro atoms. The number of allylic oxidation sites excluding steroid dienone is 4. The van der Waals surface area contributed by atoms with Gasteiger partial charge in [0, 0.05) is 0 Å². The summed E-state index contributed by atoms with van der Waals surface area (Å²) < 4.78 is 5.64. The first-order valence-electron chi connectivity index (χ1n) is 15.0. The quantitative estimate of drug-likeness (QED) is 0.308. The summed E-state index contributed by atoms with van der Waals surface area (Å²) in [6, 6.07) is 16.9. The number of fused-ring (bicyclic) bond motifs is 3. The number of halogens is 2. The van der Waals surface area contributed by atoms with Crippen molar-refractivity contribution in [3.05, 3.63) is 90.4 Å². The van der Waals surface area contributed by atoms with Gasteiger partial charge in [0.2, 0.25) is 0 Å². The van der Waals surface area contributed by atoms with Crippen molar-refractivity contribution in [2.75, 3.05) is 0 Å². The second kappa shape index (κ2) is 12.5. The van der Waals surface area contributed by atoms with Crippen LogP contribution in [0.25, 0.3) is 16.7 Å². The van der Waals surface area contributed by atoms with E-state index in [1.165, 1.54) is 59.2 Å². The van der Waals surface area contributed by atoms with Crippen molar-refractivity contribution in [1.82, 2.24) is 0 Å².